The molecule has 2 aliphatic rings. The number of carbonyl (C=O) groups is 2. The standard InChI is InChI=1S/C19H13F5N4O2S2/c1-28-16(25)15(30)12-7(5-31-17(12)28)4-11(29)27-18-26-10(6-32-18)8-2-3-9(20)13(14(8)21)19(22,23)24/h2-3,5-6,18,25-26H,4H2,1H3,(H,27,29). The first-order valence-electron chi connectivity index (χ1n) is 8.93. The molecule has 1 unspecified atom stereocenters. The lowest BCUT2D eigenvalue weighted by Gasteiger charge is -2.17. The van der Waals surface area contributed by atoms with Gasteiger partial charge in [-0.1, -0.05) is 11.8 Å². The summed E-state index contributed by atoms with van der Waals surface area (Å²) in [5, 5.41) is 16.6. The van der Waals surface area contributed by atoms with Crippen LogP contribution in [0, 0.1) is 17.0 Å². The van der Waals surface area contributed by atoms with Crippen molar-refractivity contribution in [1.29, 1.82) is 5.41 Å². The van der Waals surface area contributed by atoms with Crippen LogP contribution in [-0.2, 0) is 17.4 Å². The van der Waals surface area contributed by atoms with Crippen LogP contribution < -0.4 is 15.5 Å². The van der Waals surface area contributed by atoms with Crippen LogP contribution in [0.3, 0.4) is 0 Å². The Hall–Kier alpha value is -2.93. The number of fused-ring (bicyclic) bond motifs is 1. The molecule has 0 fully saturated rings. The first-order valence-corrected chi connectivity index (χ1v) is 10.8. The Bertz CT molecular complexity index is 1190. The van der Waals surface area contributed by atoms with Gasteiger partial charge in [0.2, 0.25) is 11.7 Å². The summed E-state index contributed by atoms with van der Waals surface area (Å²) in [4.78, 5) is 26.1. The number of benzene rings is 1. The maximum absolute atomic E-state index is 14.4. The van der Waals surface area contributed by atoms with Crippen molar-refractivity contribution < 1.29 is 31.5 Å². The molecule has 2 aliphatic heterocycles. The van der Waals surface area contributed by atoms with E-state index in [-0.39, 0.29) is 18.0 Å². The number of carbonyl (C=O) groups excluding carboxylic acids is 2. The molecule has 0 saturated carbocycles. The van der Waals surface area contributed by atoms with Crippen molar-refractivity contribution >= 4 is 51.3 Å². The van der Waals surface area contributed by atoms with Crippen molar-refractivity contribution in [2.24, 2.45) is 0 Å². The Morgan fingerprint density at radius 1 is 1.31 bits per heavy atom. The third-order valence-corrected chi connectivity index (χ3v) is 6.83. The van der Waals surface area contributed by atoms with E-state index >= 15 is 0 Å². The van der Waals surface area contributed by atoms with Gasteiger partial charge in [-0.2, -0.15) is 13.2 Å². The summed E-state index contributed by atoms with van der Waals surface area (Å²) in [7, 11) is 1.58. The van der Waals surface area contributed by atoms with Crippen molar-refractivity contribution in [2.75, 3.05) is 11.9 Å². The predicted molar refractivity (Wildman–Crippen MR) is 110 cm³/mol. The molecule has 1 amide bonds. The topological polar surface area (TPSA) is 85.3 Å². The van der Waals surface area contributed by atoms with Gasteiger partial charge in [0.05, 0.1) is 17.7 Å². The molecule has 0 aliphatic carbocycles. The van der Waals surface area contributed by atoms with Crippen LogP contribution >= 0.6 is 23.1 Å². The zero-order chi connectivity index (χ0) is 23.4. The summed E-state index contributed by atoms with van der Waals surface area (Å²) in [6.07, 6.45) is -5.36. The second-order valence-corrected chi connectivity index (χ2v) is 8.73. The number of thiophene rings is 1. The summed E-state index contributed by atoms with van der Waals surface area (Å²) in [6.45, 7) is 0. The van der Waals surface area contributed by atoms with Gasteiger partial charge in [-0.3, -0.25) is 15.0 Å². The average Bonchev–Trinajstić information content (AvgIpc) is 3.37. The molecule has 1 atom stereocenters. The third-order valence-electron chi connectivity index (χ3n) is 4.85. The van der Waals surface area contributed by atoms with Crippen molar-refractivity contribution in [3.8, 4) is 0 Å². The number of anilines is 1. The fraction of sp³-hybridized carbons (Fsp3) is 0.211. The molecule has 3 heterocycles. The maximum Gasteiger partial charge on any atom is 0.422 e. The normalized spacial score (nSPS) is 18.0. The van der Waals surface area contributed by atoms with Gasteiger partial charge in [0.15, 0.2) is 11.3 Å². The van der Waals surface area contributed by atoms with Crippen molar-refractivity contribution in [1.82, 2.24) is 10.6 Å². The van der Waals surface area contributed by atoms with Crippen LogP contribution in [-0.4, -0.2) is 30.1 Å². The number of ketones is 1. The molecule has 3 N–H and O–H groups in total. The van der Waals surface area contributed by atoms with E-state index in [0.29, 0.717) is 22.2 Å². The van der Waals surface area contributed by atoms with E-state index in [4.69, 9.17) is 5.41 Å². The van der Waals surface area contributed by atoms with Gasteiger partial charge in [0.25, 0.3) is 0 Å². The van der Waals surface area contributed by atoms with Crippen molar-refractivity contribution in [2.45, 2.75) is 18.1 Å². The van der Waals surface area contributed by atoms with E-state index in [1.54, 1.807) is 12.4 Å². The number of amides is 1. The number of alkyl halides is 3. The van der Waals surface area contributed by atoms with Crippen LogP contribution in [0.15, 0.2) is 22.9 Å². The molecular formula is C19H13F5N4O2S2. The average molecular weight is 488 g/mol. The quantitative estimate of drug-likeness (QED) is 0.568. The highest BCUT2D eigenvalue weighted by Gasteiger charge is 2.39. The second-order valence-electron chi connectivity index (χ2n) is 6.90. The second kappa shape index (κ2) is 7.89. The number of hydrogen-bond acceptors (Lipinski definition) is 6. The fourth-order valence-electron chi connectivity index (χ4n) is 3.32. The van der Waals surface area contributed by atoms with Gasteiger partial charge in [-0.05, 0) is 28.5 Å². The summed E-state index contributed by atoms with van der Waals surface area (Å²) in [5.41, 5.74) is -2.55. The largest absolute Gasteiger partial charge is 0.422 e. The molecule has 13 heteroatoms. The number of nitrogens with one attached hydrogen (secondary N) is 3. The third kappa shape index (κ3) is 3.75. The summed E-state index contributed by atoms with van der Waals surface area (Å²) in [6, 6.07) is 1.41. The molecule has 6 nitrogen and oxygen atoms in total. The Morgan fingerprint density at radius 2 is 2.03 bits per heavy atom. The molecule has 32 heavy (non-hydrogen) atoms. The number of likely N-dealkylation sites (N-methyl/N-ethyl adjacent to an activating group) is 1. The van der Waals surface area contributed by atoms with Crippen molar-refractivity contribution in [3.05, 3.63) is 56.8 Å². The van der Waals surface area contributed by atoms with Crippen molar-refractivity contribution in [3.63, 3.8) is 0 Å². The molecule has 2 aromatic rings. The monoisotopic (exact) mass is 488 g/mol. The molecule has 0 bridgehead atoms. The summed E-state index contributed by atoms with van der Waals surface area (Å²) >= 11 is 2.22. The van der Waals surface area contributed by atoms with Gasteiger partial charge in [-0.15, -0.1) is 11.3 Å². The molecule has 0 radical (unpaired) electrons. The number of halogens is 5. The van der Waals surface area contributed by atoms with E-state index in [2.05, 4.69) is 10.6 Å². The minimum Gasteiger partial charge on any atom is -0.356 e. The Kier molecular flexibility index (Phi) is 5.49. The smallest absolute Gasteiger partial charge is 0.356 e. The van der Waals surface area contributed by atoms with Gasteiger partial charge in [0.1, 0.15) is 22.2 Å². The SMILES string of the molecule is CN1C(=N)C(=O)c2c(CC(=O)NC3NC(c4ccc(F)c(C(F)(F)F)c4F)=CS3)csc21. The molecule has 1 aromatic carbocycles. The number of hydrogen-bond donors (Lipinski definition) is 3. The summed E-state index contributed by atoms with van der Waals surface area (Å²) in [5.74, 6) is -4.62. The zero-order valence-electron chi connectivity index (χ0n) is 16.1. The lowest BCUT2D eigenvalue weighted by Crippen LogP contribution is -2.40. The molecule has 0 spiro atoms. The van der Waals surface area contributed by atoms with Gasteiger partial charge in [0, 0.05) is 12.6 Å². The van der Waals surface area contributed by atoms with E-state index in [1.807, 2.05) is 0 Å². The van der Waals surface area contributed by atoms with Crippen LogP contribution in [0.4, 0.5) is 27.0 Å². The molecular weight excluding hydrogens is 475 g/mol. The van der Waals surface area contributed by atoms with Crippen LogP contribution in [0.25, 0.3) is 5.70 Å². The zero-order valence-corrected chi connectivity index (χ0v) is 17.7. The molecule has 0 saturated heterocycles. The highest BCUT2D eigenvalue weighted by Crippen LogP contribution is 2.38. The lowest BCUT2D eigenvalue weighted by atomic mass is 10.1. The number of Topliss-reactive ketones (excluding diaryl/α,β-unsaturated/α-hetero) is 1. The van der Waals surface area contributed by atoms with E-state index in [0.717, 1.165) is 17.8 Å². The fourth-order valence-corrected chi connectivity index (χ4v) is 5.23. The molecule has 168 valence electrons. The Labute approximate surface area is 186 Å². The minimum atomic E-state index is -5.20. The highest BCUT2D eigenvalue weighted by atomic mass is 32.2. The maximum atomic E-state index is 14.4. The predicted octanol–water partition coefficient (Wildman–Crippen LogP) is 3.93. The van der Waals surface area contributed by atoms with E-state index < -0.39 is 46.1 Å². The Balaban J connectivity index is 1.44. The summed E-state index contributed by atoms with van der Waals surface area (Å²) < 4.78 is 66.7. The number of thioether (sulfide) groups is 1. The first-order chi connectivity index (χ1) is 15.0. The molecule has 4 rings (SSSR count). The molecule has 1 aromatic heterocycles. The number of rotatable bonds is 4. The van der Waals surface area contributed by atoms with Crippen LogP contribution in [0.2, 0.25) is 0 Å². The van der Waals surface area contributed by atoms with Gasteiger partial charge < -0.3 is 15.5 Å². The number of nitrogens with zero attached hydrogens (tertiary/aromatic N) is 1. The van der Waals surface area contributed by atoms with E-state index in [9.17, 15) is 31.5 Å². The van der Waals surface area contributed by atoms with Gasteiger partial charge >= 0.3 is 6.18 Å². The highest BCUT2D eigenvalue weighted by molar-refractivity contribution is 8.03. The first kappa shape index (κ1) is 22.3. The van der Waals surface area contributed by atoms with E-state index in [1.165, 1.54) is 21.6 Å². The van der Waals surface area contributed by atoms with Gasteiger partial charge in [-0.25, -0.2) is 8.78 Å². The minimum absolute atomic E-state index is 0.0371. The number of amidine groups is 1. The van der Waals surface area contributed by atoms with Crippen LogP contribution in [0.5, 0.6) is 0 Å². The van der Waals surface area contributed by atoms with Crippen LogP contribution in [0.1, 0.15) is 27.0 Å². The Morgan fingerprint density at radius 3 is 2.72 bits per heavy atom. The lowest BCUT2D eigenvalue weighted by molar-refractivity contribution is -0.142.